The van der Waals surface area contributed by atoms with Gasteiger partial charge in [0.25, 0.3) is 0 Å². The monoisotopic (exact) mass is 537 g/mol. The van der Waals surface area contributed by atoms with Crippen LogP contribution in [0.25, 0.3) is 0 Å². The molecule has 162 valence electrons. The summed E-state index contributed by atoms with van der Waals surface area (Å²) in [6.07, 6.45) is 0.608. The van der Waals surface area contributed by atoms with E-state index in [-0.39, 0.29) is 41.1 Å². The number of rotatable bonds is 8. The Morgan fingerprint density at radius 2 is 2.03 bits per heavy atom. The Kier molecular flexibility index (Phi) is 10.3. The van der Waals surface area contributed by atoms with E-state index in [0.717, 1.165) is 12.1 Å². The van der Waals surface area contributed by atoms with Gasteiger partial charge in [-0.2, -0.15) is 4.98 Å². The van der Waals surface area contributed by atoms with Gasteiger partial charge in [0.2, 0.25) is 5.89 Å². The van der Waals surface area contributed by atoms with E-state index in [2.05, 4.69) is 25.8 Å². The van der Waals surface area contributed by atoms with Gasteiger partial charge < -0.3 is 15.2 Å². The number of aromatic nitrogens is 2. The Morgan fingerprint density at radius 1 is 1.31 bits per heavy atom. The first-order valence-corrected chi connectivity index (χ1v) is 9.91. The van der Waals surface area contributed by atoms with E-state index < -0.39 is 0 Å². The summed E-state index contributed by atoms with van der Waals surface area (Å²) in [5.41, 5.74) is 0.522. The summed E-state index contributed by atoms with van der Waals surface area (Å²) in [7, 11) is 0. The van der Waals surface area contributed by atoms with Crippen LogP contribution in [0.4, 0.5) is 4.39 Å². The second-order valence-corrected chi connectivity index (χ2v) is 7.99. The summed E-state index contributed by atoms with van der Waals surface area (Å²) in [5.74, 6) is 1.91. The maximum absolute atomic E-state index is 13.3. The Balaban J connectivity index is 0.00000420. The van der Waals surface area contributed by atoms with Crippen LogP contribution in [0.1, 0.15) is 57.8 Å². The van der Waals surface area contributed by atoms with Crippen molar-refractivity contribution in [2.45, 2.75) is 52.4 Å². The molecule has 0 radical (unpaired) electrons. The molecular weight excluding hydrogens is 508 g/mol. The molecule has 2 N–H and O–H groups in total. The van der Waals surface area contributed by atoms with Crippen molar-refractivity contribution >= 4 is 41.5 Å². The predicted molar refractivity (Wildman–Crippen MR) is 126 cm³/mol. The fraction of sp³-hybridized carbons (Fsp3) is 0.550. The lowest BCUT2D eigenvalue weighted by Crippen LogP contribution is -2.39. The van der Waals surface area contributed by atoms with Gasteiger partial charge in [0.05, 0.1) is 6.54 Å². The first-order chi connectivity index (χ1) is 13.2. The van der Waals surface area contributed by atoms with Crippen LogP contribution >= 0.6 is 35.6 Å². The second-order valence-electron chi connectivity index (χ2n) is 7.58. The standard InChI is InChI=1S/C20H29ClFN5O.HI/c1-6-23-19(24-10-9-17-26-18(13(2)3)27-28-17)25-12-20(4,5)15-8-7-14(22)11-16(15)21;/h7-8,11,13H,6,9-10,12H2,1-5H3,(H2,23,24,25);1H. The van der Waals surface area contributed by atoms with Crippen LogP contribution in [0.5, 0.6) is 0 Å². The molecule has 0 fully saturated rings. The molecule has 29 heavy (non-hydrogen) atoms. The van der Waals surface area contributed by atoms with Gasteiger partial charge in [-0.05, 0) is 24.6 Å². The first-order valence-electron chi connectivity index (χ1n) is 9.53. The number of hydrogen-bond donors (Lipinski definition) is 2. The van der Waals surface area contributed by atoms with Gasteiger partial charge in [-0.15, -0.1) is 24.0 Å². The number of nitrogens with zero attached hydrogens (tertiary/aromatic N) is 3. The number of benzene rings is 1. The first kappa shape index (κ1) is 25.6. The van der Waals surface area contributed by atoms with E-state index in [1.807, 2.05) is 34.6 Å². The van der Waals surface area contributed by atoms with Crippen LogP contribution in [0, 0.1) is 5.82 Å². The molecule has 6 nitrogen and oxygen atoms in total. The molecule has 0 amide bonds. The van der Waals surface area contributed by atoms with E-state index in [9.17, 15) is 4.39 Å². The largest absolute Gasteiger partial charge is 0.357 e. The highest BCUT2D eigenvalue weighted by Crippen LogP contribution is 2.30. The molecule has 0 bridgehead atoms. The lowest BCUT2D eigenvalue weighted by atomic mass is 9.84. The quantitative estimate of drug-likeness (QED) is 0.291. The van der Waals surface area contributed by atoms with Gasteiger partial charge in [-0.1, -0.05) is 50.5 Å². The molecule has 2 aromatic rings. The zero-order valence-corrected chi connectivity index (χ0v) is 20.6. The molecule has 0 spiro atoms. The van der Waals surface area contributed by atoms with Crippen molar-refractivity contribution in [1.29, 1.82) is 0 Å². The maximum Gasteiger partial charge on any atom is 0.228 e. The van der Waals surface area contributed by atoms with E-state index >= 15 is 0 Å². The SMILES string of the molecule is CCNC(=NCC(C)(C)c1ccc(F)cc1Cl)NCCc1nc(C(C)C)no1.I. The third-order valence-electron chi connectivity index (χ3n) is 4.27. The van der Waals surface area contributed by atoms with Gasteiger partial charge in [-0.3, -0.25) is 4.99 Å². The average molecular weight is 538 g/mol. The third-order valence-corrected chi connectivity index (χ3v) is 4.58. The fourth-order valence-corrected chi connectivity index (χ4v) is 3.06. The van der Waals surface area contributed by atoms with Crippen molar-refractivity contribution in [1.82, 2.24) is 20.8 Å². The molecule has 9 heteroatoms. The van der Waals surface area contributed by atoms with Crippen LogP contribution in [0.15, 0.2) is 27.7 Å². The molecule has 2 rings (SSSR count). The zero-order valence-electron chi connectivity index (χ0n) is 17.6. The normalized spacial score (nSPS) is 12.1. The van der Waals surface area contributed by atoms with Crippen molar-refractivity contribution in [2.75, 3.05) is 19.6 Å². The highest BCUT2D eigenvalue weighted by Gasteiger charge is 2.23. The Hall–Kier alpha value is -1.42. The van der Waals surface area contributed by atoms with E-state index in [0.29, 0.717) is 42.2 Å². The molecule has 0 saturated heterocycles. The lowest BCUT2D eigenvalue weighted by molar-refractivity contribution is 0.371. The maximum atomic E-state index is 13.3. The van der Waals surface area contributed by atoms with E-state index in [1.54, 1.807) is 6.07 Å². The third kappa shape index (κ3) is 7.73. The van der Waals surface area contributed by atoms with E-state index in [4.69, 9.17) is 16.1 Å². The number of guanidine groups is 1. The summed E-state index contributed by atoms with van der Waals surface area (Å²) in [6, 6.07) is 4.48. The molecule has 0 aliphatic heterocycles. The van der Waals surface area contributed by atoms with Crippen LogP contribution in [-0.2, 0) is 11.8 Å². The number of hydrogen-bond acceptors (Lipinski definition) is 4. The molecule has 0 aliphatic rings. The Bertz CT molecular complexity index is 810. The summed E-state index contributed by atoms with van der Waals surface area (Å²) in [4.78, 5) is 9.04. The van der Waals surface area contributed by atoms with Crippen molar-refractivity contribution in [3.05, 3.63) is 46.3 Å². The molecule has 1 heterocycles. The van der Waals surface area contributed by atoms with Gasteiger partial charge in [0.1, 0.15) is 5.82 Å². The minimum atomic E-state index is -0.343. The van der Waals surface area contributed by atoms with Gasteiger partial charge in [0, 0.05) is 35.9 Å². The summed E-state index contributed by atoms with van der Waals surface area (Å²) in [5, 5.41) is 10.9. The summed E-state index contributed by atoms with van der Waals surface area (Å²) in [6.45, 7) is 12.0. The molecule has 0 atom stereocenters. The van der Waals surface area contributed by atoms with Crippen molar-refractivity contribution in [3.63, 3.8) is 0 Å². The Morgan fingerprint density at radius 3 is 2.62 bits per heavy atom. The van der Waals surface area contributed by atoms with Crippen LogP contribution in [0.2, 0.25) is 5.02 Å². The molecule has 1 aromatic heterocycles. The molecule has 0 aliphatic carbocycles. The Labute approximate surface area is 194 Å². The molecule has 1 aromatic carbocycles. The predicted octanol–water partition coefficient (Wildman–Crippen LogP) is 4.68. The van der Waals surface area contributed by atoms with Crippen molar-refractivity contribution in [3.8, 4) is 0 Å². The van der Waals surface area contributed by atoms with Crippen molar-refractivity contribution in [2.24, 2.45) is 4.99 Å². The minimum Gasteiger partial charge on any atom is -0.357 e. The van der Waals surface area contributed by atoms with Crippen molar-refractivity contribution < 1.29 is 8.91 Å². The average Bonchev–Trinajstić information content (AvgIpc) is 3.08. The number of nitrogens with one attached hydrogen (secondary N) is 2. The highest BCUT2D eigenvalue weighted by atomic mass is 127. The summed E-state index contributed by atoms with van der Waals surface area (Å²) < 4.78 is 18.6. The zero-order chi connectivity index (χ0) is 20.7. The van der Waals surface area contributed by atoms with Crippen LogP contribution < -0.4 is 10.6 Å². The molecular formula is C20H30ClFIN5O. The van der Waals surface area contributed by atoms with Gasteiger partial charge in [-0.25, -0.2) is 4.39 Å². The smallest absolute Gasteiger partial charge is 0.228 e. The minimum absolute atomic E-state index is 0. The van der Waals surface area contributed by atoms with Gasteiger partial charge >= 0.3 is 0 Å². The highest BCUT2D eigenvalue weighted by molar-refractivity contribution is 14.0. The van der Waals surface area contributed by atoms with Crippen LogP contribution in [-0.4, -0.2) is 35.7 Å². The fourth-order valence-electron chi connectivity index (χ4n) is 2.63. The molecule has 0 saturated carbocycles. The molecule has 0 unspecified atom stereocenters. The second kappa shape index (κ2) is 11.7. The van der Waals surface area contributed by atoms with Gasteiger partial charge in [0.15, 0.2) is 11.8 Å². The summed E-state index contributed by atoms with van der Waals surface area (Å²) >= 11 is 6.22. The number of halogens is 3. The topological polar surface area (TPSA) is 75.3 Å². The van der Waals surface area contributed by atoms with E-state index in [1.165, 1.54) is 12.1 Å². The van der Waals surface area contributed by atoms with Crippen LogP contribution in [0.3, 0.4) is 0 Å². The lowest BCUT2D eigenvalue weighted by Gasteiger charge is -2.25. The number of aliphatic imine (C=N–C) groups is 1.